The van der Waals surface area contributed by atoms with Crippen LogP contribution in [0.15, 0.2) is 0 Å². The second-order valence-corrected chi connectivity index (χ2v) is 6.16. The maximum Gasteiger partial charge on any atom is 0.317 e. The fourth-order valence-electron chi connectivity index (χ4n) is 3.25. The highest BCUT2D eigenvalue weighted by Crippen LogP contribution is 2.28. The molecule has 108 valence electrons. The van der Waals surface area contributed by atoms with Crippen molar-refractivity contribution in [1.82, 2.24) is 20.4 Å². The summed E-state index contributed by atoms with van der Waals surface area (Å²) in [5, 5.41) is 6.38. The Bertz CT molecular complexity index is 313. The molecular weight excluding hydrogens is 240 g/mol. The summed E-state index contributed by atoms with van der Waals surface area (Å²) in [6, 6.07) is 0.919. The van der Waals surface area contributed by atoms with Crippen LogP contribution in [-0.4, -0.2) is 67.7 Å². The van der Waals surface area contributed by atoms with Gasteiger partial charge in [-0.25, -0.2) is 4.79 Å². The highest BCUT2D eigenvalue weighted by atomic mass is 16.2. The van der Waals surface area contributed by atoms with Gasteiger partial charge in [-0.05, 0) is 44.7 Å². The molecule has 0 radical (unpaired) electrons. The van der Waals surface area contributed by atoms with Gasteiger partial charge in [-0.3, -0.25) is 4.90 Å². The maximum atomic E-state index is 11.5. The van der Waals surface area contributed by atoms with Crippen LogP contribution in [0.4, 0.5) is 4.79 Å². The van der Waals surface area contributed by atoms with E-state index < -0.39 is 0 Å². The quantitative estimate of drug-likeness (QED) is 0.735. The zero-order chi connectivity index (χ0) is 13.1. The number of carbonyl (C=O) groups is 1. The fourth-order valence-corrected chi connectivity index (χ4v) is 3.25. The van der Waals surface area contributed by atoms with Crippen molar-refractivity contribution in [3.05, 3.63) is 0 Å². The summed E-state index contributed by atoms with van der Waals surface area (Å²) in [4.78, 5) is 16.1. The zero-order valence-corrected chi connectivity index (χ0v) is 11.7. The topological polar surface area (TPSA) is 47.6 Å². The predicted molar refractivity (Wildman–Crippen MR) is 75.2 cm³/mol. The van der Waals surface area contributed by atoms with E-state index in [2.05, 4.69) is 15.5 Å². The van der Waals surface area contributed by atoms with Gasteiger partial charge in [0.2, 0.25) is 0 Å². The normalized spacial score (nSPS) is 27.9. The lowest BCUT2D eigenvalue weighted by Gasteiger charge is -2.31. The third-order valence-corrected chi connectivity index (χ3v) is 4.56. The molecule has 2 amide bonds. The van der Waals surface area contributed by atoms with Crippen molar-refractivity contribution in [2.24, 2.45) is 5.92 Å². The molecule has 2 saturated heterocycles. The largest absolute Gasteiger partial charge is 0.336 e. The highest BCUT2D eigenvalue weighted by Gasteiger charge is 2.31. The third kappa shape index (κ3) is 3.60. The molecule has 2 heterocycles. The molecule has 19 heavy (non-hydrogen) atoms. The van der Waals surface area contributed by atoms with Crippen molar-refractivity contribution < 1.29 is 4.79 Å². The number of urea groups is 1. The number of nitrogens with one attached hydrogen (secondary N) is 2. The molecular formula is C14H26N4O. The van der Waals surface area contributed by atoms with Gasteiger partial charge in [0, 0.05) is 38.8 Å². The molecule has 3 aliphatic rings. The van der Waals surface area contributed by atoms with Crippen molar-refractivity contribution >= 4 is 6.03 Å². The summed E-state index contributed by atoms with van der Waals surface area (Å²) in [5.74, 6) is 0.807. The van der Waals surface area contributed by atoms with Gasteiger partial charge in [-0.15, -0.1) is 0 Å². The van der Waals surface area contributed by atoms with Crippen molar-refractivity contribution in [3.63, 3.8) is 0 Å². The van der Waals surface area contributed by atoms with Gasteiger partial charge >= 0.3 is 6.03 Å². The molecule has 0 bridgehead atoms. The zero-order valence-electron chi connectivity index (χ0n) is 11.7. The first-order chi connectivity index (χ1) is 9.33. The third-order valence-electron chi connectivity index (χ3n) is 4.56. The predicted octanol–water partition coefficient (Wildman–Crippen LogP) is 0.476. The van der Waals surface area contributed by atoms with Crippen LogP contribution in [0.5, 0.6) is 0 Å². The van der Waals surface area contributed by atoms with Crippen molar-refractivity contribution in [1.29, 1.82) is 0 Å². The van der Waals surface area contributed by atoms with Gasteiger partial charge in [0.15, 0.2) is 0 Å². The molecule has 0 spiro atoms. The SMILES string of the molecule is O=C1NCCN1CCN(CC1CCCNC1)C1CC1. The van der Waals surface area contributed by atoms with Crippen molar-refractivity contribution in [2.45, 2.75) is 31.7 Å². The van der Waals surface area contributed by atoms with E-state index in [-0.39, 0.29) is 6.03 Å². The summed E-state index contributed by atoms with van der Waals surface area (Å²) in [5.41, 5.74) is 0. The Morgan fingerprint density at radius 3 is 2.79 bits per heavy atom. The van der Waals surface area contributed by atoms with Gasteiger partial charge < -0.3 is 15.5 Å². The van der Waals surface area contributed by atoms with Crippen LogP contribution in [0.3, 0.4) is 0 Å². The Morgan fingerprint density at radius 1 is 1.26 bits per heavy atom. The Labute approximate surface area is 115 Å². The van der Waals surface area contributed by atoms with Crippen LogP contribution in [0.25, 0.3) is 0 Å². The average Bonchev–Trinajstić information content (AvgIpc) is 3.20. The number of carbonyl (C=O) groups excluding carboxylic acids is 1. The molecule has 1 aliphatic carbocycles. The summed E-state index contributed by atoms with van der Waals surface area (Å²) < 4.78 is 0. The minimum atomic E-state index is 0.120. The van der Waals surface area contributed by atoms with Crippen LogP contribution in [-0.2, 0) is 0 Å². The minimum absolute atomic E-state index is 0.120. The fraction of sp³-hybridized carbons (Fsp3) is 0.929. The molecule has 3 fully saturated rings. The monoisotopic (exact) mass is 266 g/mol. The molecule has 5 heteroatoms. The van der Waals surface area contributed by atoms with Gasteiger partial charge in [0.25, 0.3) is 0 Å². The van der Waals surface area contributed by atoms with E-state index in [1.165, 1.54) is 45.3 Å². The van der Waals surface area contributed by atoms with E-state index in [1.807, 2.05) is 4.90 Å². The number of hydrogen-bond donors (Lipinski definition) is 2. The van der Waals surface area contributed by atoms with E-state index in [0.717, 1.165) is 38.1 Å². The molecule has 1 unspecified atom stereocenters. The smallest absolute Gasteiger partial charge is 0.317 e. The molecule has 2 aliphatic heterocycles. The molecule has 1 saturated carbocycles. The lowest BCUT2D eigenvalue weighted by Crippen LogP contribution is -2.43. The van der Waals surface area contributed by atoms with Crippen LogP contribution in [0.2, 0.25) is 0 Å². The Balaban J connectivity index is 1.45. The van der Waals surface area contributed by atoms with Crippen LogP contribution < -0.4 is 10.6 Å². The van der Waals surface area contributed by atoms with E-state index in [9.17, 15) is 4.79 Å². The van der Waals surface area contributed by atoms with Crippen molar-refractivity contribution in [2.75, 3.05) is 45.8 Å². The van der Waals surface area contributed by atoms with E-state index >= 15 is 0 Å². The minimum Gasteiger partial charge on any atom is -0.336 e. The second-order valence-electron chi connectivity index (χ2n) is 6.16. The van der Waals surface area contributed by atoms with Crippen LogP contribution in [0, 0.1) is 5.92 Å². The summed E-state index contributed by atoms with van der Waals surface area (Å²) in [6.07, 6.45) is 5.39. The van der Waals surface area contributed by atoms with Crippen LogP contribution >= 0.6 is 0 Å². The standard InChI is InChI=1S/C14H26N4O/c19-14-16-6-7-17(14)8-9-18(13-3-4-13)11-12-2-1-5-15-10-12/h12-13,15H,1-11H2,(H,16,19). The van der Waals surface area contributed by atoms with Gasteiger partial charge in [-0.1, -0.05) is 0 Å². The van der Waals surface area contributed by atoms with Gasteiger partial charge in [0.1, 0.15) is 0 Å². The average molecular weight is 266 g/mol. The van der Waals surface area contributed by atoms with E-state index in [1.54, 1.807) is 0 Å². The first-order valence-electron chi connectivity index (χ1n) is 7.80. The highest BCUT2D eigenvalue weighted by molar-refractivity contribution is 5.76. The molecule has 2 N–H and O–H groups in total. The number of amides is 2. The number of rotatable bonds is 6. The molecule has 3 rings (SSSR count). The second kappa shape index (κ2) is 6.09. The molecule has 1 atom stereocenters. The lowest BCUT2D eigenvalue weighted by atomic mass is 9.99. The Kier molecular flexibility index (Phi) is 4.23. The first kappa shape index (κ1) is 13.2. The first-order valence-corrected chi connectivity index (χ1v) is 7.80. The van der Waals surface area contributed by atoms with Gasteiger partial charge in [-0.2, -0.15) is 0 Å². The number of piperidine rings is 1. The van der Waals surface area contributed by atoms with E-state index in [4.69, 9.17) is 0 Å². The molecule has 0 aromatic heterocycles. The molecule has 0 aromatic rings. The maximum absolute atomic E-state index is 11.5. The Hall–Kier alpha value is -0.810. The van der Waals surface area contributed by atoms with Gasteiger partial charge in [0.05, 0.1) is 0 Å². The number of hydrogen-bond acceptors (Lipinski definition) is 3. The number of nitrogens with zero attached hydrogens (tertiary/aromatic N) is 2. The van der Waals surface area contributed by atoms with Crippen LogP contribution in [0.1, 0.15) is 25.7 Å². The summed E-state index contributed by atoms with van der Waals surface area (Å²) in [7, 11) is 0. The van der Waals surface area contributed by atoms with E-state index in [0.29, 0.717) is 0 Å². The molecule has 0 aromatic carbocycles. The Morgan fingerprint density at radius 2 is 2.16 bits per heavy atom. The lowest BCUT2D eigenvalue weighted by molar-refractivity contribution is 0.174. The van der Waals surface area contributed by atoms with Crippen molar-refractivity contribution in [3.8, 4) is 0 Å². The summed E-state index contributed by atoms with van der Waals surface area (Å²) >= 11 is 0. The summed E-state index contributed by atoms with van der Waals surface area (Å²) in [6.45, 7) is 7.21. The molecule has 5 nitrogen and oxygen atoms in total.